The van der Waals surface area contributed by atoms with E-state index >= 15 is 0 Å². The lowest BCUT2D eigenvalue weighted by atomic mass is 10.2. The Balaban J connectivity index is 1.54. The van der Waals surface area contributed by atoms with Crippen molar-refractivity contribution in [3.05, 3.63) is 36.3 Å². The lowest BCUT2D eigenvalue weighted by Gasteiger charge is -2.24. The zero-order valence-corrected chi connectivity index (χ0v) is 16.4. The van der Waals surface area contributed by atoms with E-state index in [9.17, 15) is 0 Å². The minimum absolute atomic E-state index is 0.525. The number of hydrogen-bond donors (Lipinski definition) is 2. The van der Waals surface area contributed by atoms with E-state index in [2.05, 4.69) is 49.1 Å². The number of rotatable bonds is 9. The van der Waals surface area contributed by atoms with Crippen LogP contribution < -0.4 is 10.6 Å². The quantitative estimate of drug-likeness (QED) is 0.514. The summed E-state index contributed by atoms with van der Waals surface area (Å²) in [6.07, 6.45) is 6.87. The number of aromatic nitrogens is 3. The Morgan fingerprint density at radius 3 is 3.07 bits per heavy atom. The zero-order chi connectivity index (χ0) is 18.9. The molecule has 1 aliphatic heterocycles. The molecule has 0 saturated carbocycles. The topological polar surface area (TPSA) is 83.5 Å². The molecule has 1 fully saturated rings. The minimum Gasteiger partial charge on any atom is -0.467 e. The van der Waals surface area contributed by atoms with Crippen LogP contribution in [0.15, 0.2) is 34.1 Å². The smallest absolute Gasteiger partial charge is 0.191 e. The maximum atomic E-state index is 5.40. The molecular formula is C19H31N7O. The molecule has 148 valence electrons. The van der Waals surface area contributed by atoms with Gasteiger partial charge in [-0.3, -0.25) is 4.90 Å². The summed E-state index contributed by atoms with van der Waals surface area (Å²) in [6.45, 7) is 9.62. The summed E-state index contributed by atoms with van der Waals surface area (Å²) in [7, 11) is 0. The lowest BCUT2D eigenvalue weighted by molar-refractivity contribution is 0.267. The van der Waals surface area contributed by atoms with Crippen molar-refractivity contribution in [3.8, 4) is 0 Å². The number of aliphatic imine (C=N–C) groups is 1. The predicted molar refractivity (Wildman–Crippen MR) is 106 cm³/mol. The molecule has 1 saturated heterocycles. The number of hydrogen-bond acceptors (Lipinski definition) is 5. The number of furan rings is 1. The van der Waals surface area contributed by atoms with Crippen molar-refractivity contribution in [2.75, 3.05) is 26.2 Å². The molecule has 3 rings (SSSR count). The van der Waals surface area contributed by atoms with Crippen LogP contribution in [0.5, 0.6) is 0 Å². The summed E-state index contributed by atoms with van der Waals surface area (Å²) >= 11 is 0. The Kier molecular flexibility index (Phi) is 7.27. The van der Waals surface area contributed by atoms with Crippen molar-refractivity contribution < 1.29 is 4.42 Å². The molecule has 1 aliphatic rings. The van der Waals surface area contributed by atoms with Gasteiger partial charge in [-0.05, 0) is 38.1 Å². The molecule has 8 nitrogen and oxygen atoms in total. The molecule has 2 N–H and O–H groups in total. The van der Waals surface area contributed by atoms with Crippen LogP contribution in [-0.4, -0.2) is 57.8 Å². The van der Waals surface area contributed by atoms with Crippen LogP contribution in [-0.2, 0) is 19.5 Å². The lowest BCUT2D eigenvalue weighted by Crippen LogP contribution is -2.45. The van der Waals surface area contributed by atoms with Gasteiger partial charge in [-0.15, -0.1) is 10.2 Å². The standard InChI is InChI=1S/C19H31N7O/c1-3-18-24-23-15-26(18)11-9-20-19(22-14-17-8-6-12-27-17)21-13-16-7-5-10-25(16)4-2/h6,8,12,15-16H,3-5,7,9-11,13-14H2,1-2H3,(H2,20,21,22). The molecule has 0 aromatic carbocycles. The van der Waals surface area contributed by atoms with Gasteiger partial charge in [-0.2, -0.15) is 0 Å². The van der Waals surface area contributed by atoms with E-state index in [-0.39, 0.29) is 0 Å². The van der Waals surface area contributed by atoms with Crippen molar-refractivity contribution in [3.63, 3.8) is 0 Å². The van der Waals surface area contributed by atoms with Crippen LogP contribution in [0.2, 0.25) is 0 Å². The molecule has 0 radical (unpaired) electrons. The van der Waals surface area contributed by atoms with Crippen LogP contribution in [0.4, 0.5) is 0 Å². The number of guanidine groups is 1. The molecule has 1 unspecified atom stereocenters. The third-order valence-corrected chi connectivity index (χ3v) is 5.04. The second-order valence-electron chi connectivity index (χ2n) is 6.77. The van der Waals surface area contributed by atoms with Crippen molar-refractivity contribution in [2.45, 2.75) is 52.2 Å². The average molecular weight is 374 g/mol. The first-order valence-corrected chi connectivity index (χ1v) is 9.95. The third-order valence-electron chi connectivity index (χ3n) is 5.04. The van der Waals surface area contributed by atoms with Gasteiger partial charge in [0, 0.05) is 32.1 Å². The molecule has 1 atom stereocenters. The summed E-state index contributed by atoms with van der Waals surface area (Å²) in [5.41, 5.74) is 0. The van der Waals surface area contributed by atoms with Crippen molar-refractivity contribution in [1.29, 1.82) is 0 Å². The Morgan fingerprint density at radius 1 is 1.37 bits per heavy atom. The first-order valence-electron chi connectivity index (χ1n) is 9.95. The Bertz CT molecular complexity index is 695. The highest BCUT2D eigenvalue weighted by Gasteiger charge is 2.22. The molecular weight excluding hydrogens is 342 g/mol. The van der Waals surface area contributed by atoms with Gasteiger partial charge in [-0.1, -0.05) is 13.8 Å². The highest BCUT2D eigenvalue weighted by Crippen LogP contribution is 2.15. The Hall–Kier alpha value is -2.35. The second-order valence-corrected chi connectivity index (χ2v) is 6.77. The van der Waals surface area contributed by atoms with E-state index in [0.717, 1.165) is 50.1 Å². The number of nitrogens with zero attached hydrogens (tertiary/aromatic N) is 5. The minimum atomic E-state index is 0.525. The molecule has 0 bridgehead atoms. The number of nitrogens with one attached hydrogen (secondary N) is 2. The monoisotopic (exact) mass is 373 g/mol. The third kappa shape index (κ3) is 5.56. The van der Waals surface area contributed by atoms with Crippen molar-refractivity contribution >= 4 is 5.96 Å². The van der Waals surface area contributed by atoms with Crippen LogP contribution >= 0.6 is 0 Å². The summed E-state index contributed by atoms with van der Waals surface area (Å²) in [5.74, 6) is 2.68. The maximum absolute atomic E-state index is 5.40. The predicted octanol–water partition coefficient (Wildman–Crippen LogP) is 1.65. The fourth-order valence-electron chi connectivity index (χ4n) is 3.53. The van der Waals surface area contributed by atoms with Gasteiger partial charge in [0.1, 0.15) is 24.5 Å². The Labute approximate surface area is 161 Å². The molecule has 8 heteroatoms. The van der Waals surface area contributed by atoms with Crippen molar-refractivity contribution in [2.24, 2.45) is 4.99 Å². The zero-order valence-electron chi connectivity index (χ0n) is 16.4. The number of aryl methyl sites for hydroxylation is 1. The molecule has 2 aromatic rings. The first-order chi connectivity index (χ1) is 13.3. The summed E-state index contributed by atoms with van der Waals surface area (Å²) in [4.78, 5) is 7.21. The molecule has 2 aromatic heterocycles. The van der Waals surface area contributed by atoms with Gasteiger partial charge >= 0.3 is 0 Å². The van der Waals surface area contributed by atoms with Gasteiger partial charge in [0.25, 0.3) is 0 Å². The normalized spacial score (nSPS) is 18.1. The molecule has 0 amide bonds. The van der Waals surface area contributed by atoms with Gasteiger partial charge in [-0.25, -0.2) is 4.99 Å². The highest BCUT2D eigenvalue weighted by molar-refractivity contribution is 5.79. The fourth-order valence-corrected chi connectivity index (χ4v) is 3.53. The molecule has 0 aliphatic carbocycles. The second kappa shape index (κ2) is 10.1. The molecule has 27 heavy (non-hydrogen) atoms. The molecule has 3 heterocycles. The van der Waals surface area contributed by atoms with Gasteiger partial charge in [0.2, 0.25) is 0 Å². The maximum Gasteiger partial charge on any atom is 0.191 e. The summed E-state index contributed by atoms with van der Waals surface area (Å²) < 4.78 is 7.47. The molecule has 0 spiro atoms. The van der Waals surface area contributed by atoms with Crippen LogP contribution in [0.1, 0.15) is 38.3 Å². The average Bonchev–Trinajstić information content (AvgIpc) is 3.44. The van der Waals surface area contributed by atoms with E-state index < -0.39 is 0 Å². The summed E-state index contributed by atoms with van der Waals surface area (Å²) in [5, 5.41) is 15.1. The largest absolute Gasteiger partial charge is 0.467 e. The highest BCUT2D eigenvalue weighted by atomic mass is 16.3. The first kappa shape index (κ1) is 19.4. The van der Waals surface area contributed by atoms with Crippen LogP contribution in [0.25, 0.3) is 0 Å². The fraction of sp³-hybridized carbons (Fsp3) is 0.632. The van der Waals surface area contributed by atoms with E-state index in [1.165, 1.54) is 19.4 Å². The van der Waals surface area contributed by atoms with E-state index in [0.29, 0.717) is 12.6 Å². The summed E-state index contributed by atoms with van der Waals surface area (Å²) in [6, 6.07) is 4.42. The number of likely N-dealkylation sites (tertiary alicyclic amines) is 1. The van der Waals surface area contributed by atoms with E-state index in [1.54, 1.807) is 12.6 Å². The van der Waals surface area contributed by atoms with Gasteiger partial charge < -0.3 is 19.6 Å². The van der Waals surface area contributed by atoms with Gasteiger partial charge in [0.15, 0.2) is 5.96 Å². The SMILES string of the molecule is CCc1nncn1CCNC(=NCc1ccco1)NCC1CCCN1CC. The number of likely N-dealkylation sites (N-methyl/N-ethyl adjacent to an activating group) is 1. The van der Waals surface area contributed by atoms with Crippen LogP contribution in [0.3, 0.4) is 0 Å². The van der Waals surface area contributed by atoms with Gasteiger partial charge in [0.05, 0.1) is 6.26 Å². The van der Waals surface area contributed by atoms with E-state index in [4.69, 9.17) is 4.42 Å². The van der Waals surface area contributed by atoms with Crippen molar-refractivity contribution in [1.82, 2.24) is 30.3 Å². The Morgan fingerprint density at radius 2 is 2.30 bits per heavy atom. The van der Waals surface area contributed by atoms with Crippen LogP contribution in [0, 0.1) is 0 Å². The van der Waals surface area contributed by atoms with E-state index in [1.807, 2.05) is 12.1 Å².